The van der Waals surface area contributed by atoms with Crippen LogP contribution in [0.5, 0.6) is 0 Å². The fourth-order valence-electron chi connectivity index (χ4n) is 2.73. The van der Waals surface area contributed by atoms with Crippen molar-refractivity contribution in [3.05, 3.63) is 59.2 Å². The Balaban J connectivity index is 2.05. The molecule has 2 N–H and O–H groups in total. The lowest BCUT2D eigenvalue weighted by Crippen LogP contribution is -2.23. The topological polar surface area (TPSA) is 41.1 Å². The van der Waals surface area contributed by atoms with Gasteiger partial charge in [0, 0.05) is 11.4 Å². The van der Waals surface area contributed by atoms with E-state index >= 15 is 0 Å². The Labute approximate surface area is 139 Å². The summed E-state index contributed by atoms with van der Waals surface area (Å²) < 4.78 is 0. The van der Waals surface area contributed by atoms with Crippen molar-refractivity contribution in [2.24, 2.45) is 0 Å². The Bertz CT molecular complexity index is 677. The number of carbonyl (C=O) groups is 1. The summed E-state index contributed by atoms with van der Waals surface area (Å²) in [6.07, 6.45) is 0.902. The van der Waals surface area contributed by atoms with Gasteiger partial charge in [-0.15, -0.1) is 0 Å². The van der Waals surface area contributed by atoms with Crippen LogP contribution in [0.15, 0.2) is 42.5 Å². The number of aryl methyl sites for hydroxylation is 2. The summed E-state index contributed by atoms with van der Waals surface area (Å²) in [5, 5.41) is 6.31. The molecule has 1 amide bonds. The van der Waals surface area contributed by atoms with Crippen LogP contribution in [0.3, 0.4) is 0 Å². The molecule has 0 unspecified atom stereocenters. The summed E-state index contributed by atoms with van der Waals surface area (Å²) in [5.74, 6) is 0.394. The second-order valence-electron chi connectivity index (χ2n) is 6.11. The Morgan fingerprint density at radius 1 is 1.09 bits per heavy atom. The molecule has 0 saturated carbocycles. The molecule has 0 spiro atoms. The normalized spacial score (nSPS) is 10.7. The van der Waals surface area contributed by atoms with Crippen LogP contribution >= 0.6 is 0 Å². The van der Waals surface area contributed by atoms with Crippen molar-refractivity contribution in [2.75, 3.05) is 17.2 Å². The smallest absolute Gasteiger partial charge is 0.243 e. The van der Waals surface area contributed by atoms with Gasteiger partial charge in [0.2, 0.25) is 5.91 Å². The Morgan fingerprint density at radius 3 is 2.52 bits per heavy atom. The standard InChI is InChI=1S/C20H26N2O/c1-5-16-10-6-7-12-18(16)22-19(23)13-21-20-15(4)9-8-11-17(20)14(2)3/h6-12,14,21H,5,13H2,1-4H3,(H,22,23). The maximum absolute atomic E-state index is 12.3. The Morgan fingerprint density at radius 2 is 1.83 bits per heavy atom. The van der Waals surface area contributed by atoms with E-state index in [4.69, 9.17) is 0 Å². The van der Waals surface area contributed by atoms with Gasteiger partial charge in [0.25, 0.3) is 0 Å². The van der Waals surface area contributed by atoms with Gasteiger partial charge in [-0.25, -0.2) is 0 Å². The van der Waals surface area contributed by atoms with Crippen molar-refractivity contribution >= 4 is 17.3 Å². The maximum Gasteiger partial charge on any atom is 0.243 e. The molecule has 0 atom stereocenters. The quantitative estimate of drug-likeness (QED) is 0.809. The van der Waals surface area contributed by atoms with Gasteiger partial charge < -0.3 is 10.6 Å². The fourth-order valence-corrected chi connectivity index (χ4v) is 2.73. The highest BCUT2D eigenvalue weighted by Gasteiger charge is 2.11. The van der Waals surface area contributed by atoms with Crippen LogP contribution in [0.1, 0.15) is 43.4 Å². The van der Waals surface area contributed by atoms with Crippen LogP contribution in [0.4, 0.5) is 11.4 Å². The summed E-state index contributed by atoms with van der Waals surface area (Å²) in [4.78, 5) is 12.3. The lowest BCUT2D eigenvalue weighted by Gasteiger charge is -2.17. The minimum absolute atomic E-state index is 0.0242. The summed E-state index contributed by atoms with van der Waals surface area (Å²) in [7, 11) is 0. The van der Waals surface area contributed by atoms with Gasteiger partial charge in [-0.3, -0.25) is 4.79 Å². The van der Waals surface area contributed by atoms with Crippen LogP contribution in [0.2, 0.25) is 0 Å². The molecule has 0 aliphatic rings. The highest BCUT2D eigenvalue weighted by molar-refractivity contribution is 5.94. The van der Waals surface area contributed by atoms with Crippen molar-refractivity contribution in [3.8, 4) is 0 Å². The van der Waals surface area contributed by atoms with E-state index in [-0.39, 0.29) is 12.5 Å². The number of nitrogens with one attached hydrogen (secondary N) is 2. The molecule has 0 aromatic heterocycles. The largest absolute Gasteiger partial charge is 0.376 e. The second kappa shape index (κ2) is 7.82. The molecule has 2 aromatic carbocycles. The molecular formula is C20H26N2O. The summed E-state index contributed by atoms with van der Waals surface area (Å²) >= 11 is 0. The van der Waals surface area contributed by atoms with E-state index in [0.29, 0.717) is 5.92 Å². The van der Waals surface area contributed by atoms with E-state index < -0.39 is 0 Å². The number of carbonyl (C=O) groups excluding carboxylic acids is 1. The van der Waals surface area contributed by atoms with Gasteiger partial charge in [-0.1, -0.05) is 57.2 Å². The van der Waals surface area contributed by atoms with Crippen molar-refractivity contribution in [1.82, 2.24) is 0 Å². The summed E-state index contributed by atoms with van der Waals surface area (Å²) in [6, 6.07) is 14.2. The lowest BCUT2D eigenvalue weighted by atomic mass is 9.98. The van der Waals surface area contributed by atoms with Crippen molar-refractivity contribution in [2.45, 2.75) is 40.0 Å². The average molecular weight is 310 g/mol. The number of hydrogen-bond donors (Lipinski definition) is 2. The summed E-state index contributed by atoms with van der Waals surface area (Å²) in [5.41, 5.74) is 5.53. The maximum atomic E-state index is 12.3. The number of benzene rings is 2. The molecule has 23 heavy (non-hydrogen) atoms. The number of rotatable bonds is 6. The van der Waals surface area contributed by atoms with Crippen LogP contribution in [0.25, 0.3) is 0 Å². The first-order valence-electron chi connectivity index (χ1n) is 8.24. The van der Waals surface area contributed by atoms with Gasteiger partial charge in [-0.05, 0) is 42.0 Å². The molecular weight excluding hydrogens is 284 g/mol. The van der Waals surface area contributed by atoms with Gasteiger partial charge in [0.1, 0.15) is 0 Å². The molecule has 3 nitrogen and oxygen atoms in total. The molecule has 0 fully saturated rings. The Hall–Kier alpha value is -2.29. The molecule has 3 heteroatoms. The lowest BCUT2D eigenvalue weighted by molar-refractivity contribution is -0.114. The second-order valence-corrected chi connectivity index (χ2v) is 6.11. The molecule has 2 rings (SSSR count). The van der Waals surface area contributed by atoms with Gasteiger partial charge in [-0.2, -0.15) is 0 Å². The van der Waals surface area contributed by atoms with E-state index in [9.17, 15) is 4.79 Å². The van der Waals surface area contributed by atoms with Gasteiger partial charge >= 0.3 is 0 Å². The van der Waals surface area contributed by atoms with E-state index in [2.05, 4.69) is 56.5 Å². The zero-order valence-corrected chi connectivity index (χ0v) is 14.4. The first kappa shape index (κ1) is 17.1. The van der Waals surface area contributed by atoms with Crippen LogP contribution < -0.4 is 10.6 Å². The van der Waals surface area contributed by atoms with E-state index in [1.807, 2.05) is 24.3 Å². The third kappa shape index (κ3) is 4.35. The number of para-hydroxylation sites is 2. The minimum Gasteiger partial charge on any atom is -0.376 e. The van der Waals surface area contributed by atoms with Crippen molar-refractivity contribution in [3.63, 3.8) is 0 Å². The molecule has 0 aliphatic carbocycles. The highest BCUT2D eigenvalue weighted by atomic mass is 16.1. The number of hydrogen-bond acceptors (Lipinski definition) is 2. The molecule has 0 radical (unpaired) electrons. The summed E-state index contributed by atoms with van der Waals surface area (Å²) in [6.45, 7) is 8.75. The zero-order chi connectivity index (χ0) is 16.8. The average Bonchev–Trinajstić information content (AvgIpc) is 2.53. The predicted molar refractivity (Wildman–Crippen MR) is 98.2 cm³/mol. The first-order chi connectivity index (χ1) is 11.0. The zero-order valence-electron chi connectivity index (χ0n) is 14.4. The molecule has 0 bridgehead atoms. The van der Waals surface area contributed by atoms with Crippen LogP contribution in [-0.4, -0.2) is 12.5 Å². The predicted octanol–water partition coefficient (Wildman–Crippen LogP) is 4.73. The van der Waals surface area contributed by atoms with E-state index in [1.165, 1.54) is 5.56 Å². The third-order valence-corrected chi connectivity index (χ3v) is 4.03. The Kier molecular flexibility index (Phi) is 5.80. The first-order valence-corrected chi connectivity index (χ1v) is 8.24. The van der Waals surface area contributed by atoms with Gasteiger partial charge in [0.05, 0.1) is 6.54 Å². The number of amides is 1. The highest BCUT2D eigenvalue weighted by Crippen LogP contribution is 2.27. The SMILES string of the molecule is CCc1ccccc1NC(=O)CNc1c(C)cccc1C(C)C. The van der Waals surface area contributed by atoms with Crippen LogP contribution in [-0.2, 0) is 11.2 Å². The van der Waals surface area contributed by atoms with E-state index in [0.717, 1.165) is 28.9 Å². The van der Waals surface area contributed by atoms with Crippen molar-refractivity contribution in [1.29, 1.82) is 0 Å². The molecule has 0 aliphatic heterocycles. The third-order valence-electron chi connectivity index (χ3n) is 4.03. The fraction of sp³-hybridized carbons (Fsp3) is 0.350. The molecule has 2 aromatic rings. The monoisotopic (exact) mass is 310 g/mol. The van der Waals surface area contributed by atoms with Crippen LogP contribution in [0, 0.1) is 6.92 Å². The van der Waals surface area contributed by atoms with E-state index in [1.54, 1.807) is 0 Å². The molecule has 122 valence electrons. The minimum atomic E-state index is -0.0242. The number of anilines is 2. The molecule has 0 saturated heterocycles. The molecule has 0 heterocycles. The van der Waals surface area contributed by atoms with Gasteiger partial charge in [0.15, 0.2) is 0 Å². The van der Waals surface area contributed by atoms with Crippen molar-refractivity contribution < 1.29 is 4.79 Å².